The molecular weight excluding hydrogens is 302 g/mol. The lowest BCUT2D eigenvalue weighted by Crippen LogP contribution is -2.46. The first-order chi connectivity index (χ1) is 9.17. The Morgan fingerprint density at radius 3 is 2.89 bits per heavy atom. The summed E-state index contributed by atoms with van der Waals surface area (Å²) in [6.07, 6.45) is 3.47. The quantitative estimate of drug-likeness (QED) is 0.893. The molecule has 1 aromatic rings. The Kier molecular flexibility index (Phi) is 5.25. The first-order valence-electron chi connectivity index (χ1n) is 7.14. The van der Waals surface area contributed by atoms with Crippen LogP contribution in [0.4, 0.5) is 5.69 Å². The van der Waals surface area contributed by atoms with E-state index in [1.807, 2.05) is 6.07 Å². The highest BCUT2D eigenvalue weighted by Crippen LogP contribution is 2.27. The van der Waals surface area contributed by atoms with Gasteiger partial charge in [0.15, 0.2) is 0 Å². The van der Waals surface area contributed by atoms with Crippen molar-refractivity contribution in [2.75, 3.05) is 31.5 Å². The smallest absolute Gasteiger partial charge is 0.0508 e. The SMILES string of the molecule is CCN1CCCC(CN)(Nc2cccc(Br)c2)CC1. The lowest BCUT2D eigenvalue weighted by Gasteiger charge is -2.34. The maximum Gasteiger partial charge on any atom is 0.0508 e. The van der Waals surface area contributed by atoms with Gasteiger partial charge in [-0.2, -0.15) is 0 Å². The van der Waals surface area contributed by atoms with Crippen LogP contribution in [0.3, 0.4) is 0 Å². The molecular formula is C15H24BrN3. The van der Waals surface area contributed by atoms with E-state index in [0.29, 0.717) is 6.54 Å². The molecule has 2 rings (SSSR count). The Morgan fingerprint density at radius 2 is 2.21 bits per heavy atom. The van der Waals surface area contributed by atoms with Gasteiger partial charge in [0.05, 0.1) is 5.54 Å². The third-order valence-corrected chi connectivity index (χ3v) is 4.60. The minimum Gasteiger partial charge on any atom is -0.378 e. The van der Waals surface area contributed by atoms with Crippen LogP contribution in [-0.2, 0) is 0 Å². The predicted octanol–water partition coefficient (Wildman–Crippen LogP) is 3.06. The molecule has 0 saturated carbocycles. The summed E-state index contributed by atoms with van der Waals surface area (Å²) in [5.74, 6) is 0. The molecule has 1 unspecified atom stereocenters. The molecule has 4 heteroatoms. The van der Waals surface area contributed by atoms with Crippen LogP contribution in [-0.4, -0.2) is 36.6 Å². The summed E-state index contributed by atoms with van der Waals surface area (Å²) < 4.78 is 1.11. The topological polar surface area (TPSA) is 41.3 Å². The molecule has 0 aliphatic carbocycles. The van der Waals surface area contributed by atoms with Crippen molar-refractivity contribution in [2.45, 2.75) is 31.7 Å². The lowest BCUT2D eigenvalue weighted by molar-refractivity contribution is 0.293. The van der Waals surface area contributed by atoms with Crippen molar-refractivity contribution in [3.05, 3.63) is 28.7 Å². The summed E-state index contributed by atoms with van der Waals surface area (Å²) in [6.45, 7) is 6.39. The molecule has 0 radical (unpaired) electrons. The van der Waals surface area contributed by atoms with Gasteiger partial charge in [0.1, 0.15) is 0 Å². The molecule has 3 N–H and O–H groups in total. The van der Waals surface area contributed by atoms with E-state index in [1.54, 1.807) is 0 Å². The van der Waals surface area contributed by atoms with E-state index in [2.05, 4.69) is 51.3 Å². The number of halogens is 1. The van der Waals surface area contributed by atoms with Gasteiger partial charge in [-0.25, -0.2) is 0 Å². The minimum absolute atomic E-state index is 0.0463. The Hall–Kier alpha value is -0.580. The summed E-state index contributed by atoms with van der Waals surface area (Å²) in [5.41, 5.74) is 7.29. The van der Waals surface area contributed by atoms with E-state index in [4.69, 9.17) is 5.73 Å². The Labute approximate surface area is 124 Å². The molecule has 0 amide bonds. The number of nitrogens with two attached hydrogens (primary N) is 1. The number of likely N-dealkylation sites (tertiary alicyclic amines) is 1. The fourth-order valence-corrected chi connectivity index (χ4v) is 3.22. The number of anilines is 1. The second kappa shape index (κ2) is 6.73. The lowest BCUT2D eigenvalue weighted by atomic mass is 9.90. The van der Waals surface area contributed by atoms with Crippen LogP contribution in [0.2, 0.25) is 0 Å². The number of nitrogens with one attached hydrogen (secondary N) is 1. The Balaban J connectivity index is 2.09. The van der Waals surface area contributed by atoms with Gasteiger partial charge in [-0.3, -0.25) is 0 Å². The normalized spacial score (nSPS) is 25.0. The largest absolute Gasteiger partial charge is 0.378 e. The van der Waals surface area contributed by atoms with E-state index in [0.717, 1.165) is 36.1 Å². The predicted molar refractivity (Wildman–Crippen MR) is 85.5 cm³/mol. The molecule has 1 aromatic carbocycles. The molecule has 19 heavy (non-hydrogen) atoms. The van der Waals surface area contributed by atoms with Gasteiger partial charge in [-0.1, -0.05) is 28.9 Å². The molecule has 106 valence electrons. The number of nitrogens with zero attached hydrogens (tertiary/aromatic N) is 1. The summed E-state index contributed by atoms with van der Waals surface area (Å²) in [5, 5.41) is 3.69. The van der Waals surface area contributed by atoms with Gasteiger partial charge in [0.25, 0.3) is 0 Å². The fraction of sp³-hybridized carbons (Fsp3) is 0.600. The maximum absolute atomic E-state index is 6.09. The number of hydrogen-bond donors (Lipinski definition) is 2. The summed E-state index contributed by atoms with van der Waals surface area (Å²) in [4.78, 5) is 2.51. The van der Waals surface area contributed by atoms with E-state index in [9.17, 15) is 0 Å². The first-order valence-corrected chi connectivity index (χ1v) is 7.93. The van der Waals surface area contributed by atoms with Gasteiger partial charge in [0, 0.05) is 23.2 Å². The Morgan fingerprint density at radius 1 is 1.37 bits per heavy atom. The standard InChI is InChI=1S/C15H24BrN3/c1-2-19-9-4-7-15(12-17,8-10-19)18-14-6-3-5-13(16)11-14/h3,5-6,11,18H,2,4,7-10,12,17H2,1H3. The van der Waals surface area contributed by atoms with Crippen LogP contribution in [0.1, 0.15) is 26.2 Å². The second-order valence-electron chi connectivity index (χ2n) is 5.41. The molecule has 1 heterocycles. The molecule has 1 atom stereocenters. The highest BCUT2D eigenvalue weighted by atomic mass is 79.9. The molecule has 0 spiro atoms. The molecule has 1 aliphatic rings. The van der Waals surface area contributed by atoms with E-state index in [-0.39, 0.29) is 5.54 Å². The number of benzene rings is 1. The number of hydrogen-bond acceptors (Lipinski definition) is 3. The summed E-state index contributed by atoms with van der Waals surface area (Å²) in [7, 11) is 0. The number of rotatable bonds is 4. The molecule has 0 bridgehead atoms. The van der Waals surface area contributed by atoms with Crippen molar-refractivity contribution in [3.63, 3.8) is 0 Å². The van der Waals surface area contributed by atoms with Gasteiger partial charge in [0.2, 0.25) is 0 Å². The van der Waals surface area contributed by atoms with Crippen LogP contribution >= 0.6 is 15.9 Å². The average molecular weight is 326 g/mol. The molecule has 1 fully saturated rings. The van der Waals surface area contributed by atoms with Crippen LogP contribution in [0.5, 0.6) is 0 Å². The van der Waals surface area contributed by atoms with E-state index in [1.165, 1.54) is 13.0 Å². The van der Waals surface area contributed by atoms with Crippen molar-refractivity contribution in [1.82, 2.24) is 4.90 Å². The van der Waals surface area contributed by atoms with Crippen molar-refractivity contribution < 1.29 is 0 Å². The van der Waals surface area contributed by atoms with Gasteiger partial charge in [-0.05, 0) is 50.6 Å². The van der Waals surface area contributed by atoms with Crippen molar-refractivity contribution in [3.8, 4) is 0 Å². The summed E-state index contributed by atoms with van der Waals surface area (Å²) in [6, 6.07) is 8.35. The fourth-order valence-electron chi connectivity index (χ4n) is 2.82. The Bertz CT molecular complexity index is 410. The van der Waals surface area contributed by atoms with Crippen molar-refractivity contribution >= 4 is 21.6 Å². The molecule has 3 nitrogen and oxygen atoms in total. The van der Waals surface area contributed by atoms with Gasteiger partial charge in [-0.15, -0.1) is 0 Å². The highest BCUT2D eigenvalue weighted by molar-refractivity contribution is 9.10. The zero-order chi connectivity index (χ0) is 13.7. The van der Waals surface area contributed by atoms with Gasteiger partial charge < -0.3 is 16.0 Å². The second-order valence-corrected chi connectivity index (χ2v) is 6.32. The summed E-state index contributed by atoms with van der Waals surface area (Å²) >= 11 is 3.52. The zero-order valence-electron chi connectivity index (χ0n) is 11.7. The van der Waals surface area contributed by atoms with Crippen molar-refractivity contribution in [1.29, 1.82) is 0 Å². The van der Waals surface area contributed by atoms with Crippen LogP contribution in [0.25, 0.3) is 0 Å². The monoisotopic (exact) mass is 325 g/mol. The molecule has 0 aromatic heterocycles. The van der Waals surface area contributed by atoms with E-state index < -0.39 is 0 Å². The third-order valence-electron chi connectivity index (χ3n) is 4.11. The van der Waals surface area contributed by atoms with Gasteiger partial charge >= 0.3 is 0 Å². The average Bonchev–Trinajstić information content (AvgIpc) is 2.62. The third kappa shape index (κ3) is 3.94. The highest BCUT2D eigenvalue weighted by Gasteiger charge is 2.30. The molecule has 1 saturated heterocycles. The van der Waals surface area contributed by atoms with Crippen LogP contribution in [0, 0.1) is 0 Å². The van der Waals surface area contributed by atoms with Crippen molar-refractivity contribution in [2.24, 2.45) is 5.73 Å². The first kappa shape index (κ1) is 14.8. The molecule has 1 aliphatic heterocycles. The zero-order valence-corrected chi connectivity index (χ0v) is 13.2. The van der Waals surface area contributed by atoms with Crippen LogP contribution in [0.15, 0.2) is 28.7 Å². The maximum atomic E-state index is 6.09. The van der Waals surface area contributed by atoms with Crippen LogP contribution < -0.4 is 11.1 Å². The van der Waals surface area contributed by atoms with E-state index >= 15 is 0 Å². The minimum atomic E-state index is 0.0463.